The summed E-state index contributed by atoms with van der Waals surface area (Å²) in [5.74, 6) is 0. The van der Waals surface area contributed by atoms with E-state index in [-0.39, 0.29) is 6.54 Å². The van der Waals surface area contributed by atoms with Crippen LogP contribution in [-0.2, 0) is 6.54 Å². The molecule has 0 saturated heterocycles. The molecule has 0 heterocycles. The van der Waals surface area contributed by atoms with Gasteiger partial charge in [-0.05, 0) is 12.4 Å². The van der Waals surface area contributed by atoms with E-state index in [1.165, 1.54) is 12.9 Å². The number of nitrogens with zero attached hydrogens (tertiary/aromatic N) is 2. The molecule has 0 aliphatic rings. The molecule has 0 unspecified atom stereocenters. The molecule has 1 aromatic rings. The molecule has 0 aliphatic heterocycles. The highest BCUT2D eigenvalue weighted by Gasteiger charge is 2.33. The summed E-state index contributed by atoms with van der Waals surface area (Å²) in [6, 6.07) is 6.32. The topological polar surface area (TPSA) is 27.8 Å². The minimum absolute atomic E-state index is 0.0550. The molecule has 0 aliphatic carbocycles. The maximum absolute atomic E-state index is 12.3. The summed E-state index contributed by atoms with van der Waals surface area (Å²) in [6.07, 6.45) is -4.37. The van der Waals surface area contributed by atoms with Crippen LogP contribution in [-0.4, -0.2) is 29.6 Å². The predicted molar refractivity (Wildman–Crippen MR) is 63.0 cm³/mol. The van der Waals surface area contributed by atoms with Gasteiger partial charge in [-0.1, -0.05) is 24.3 Å². The Kier molecular flexibility index (Phi) is 4.76. The van der Waals surface area contributed by atoms with E-state index < -0.39 is 19.8 Å². The van der Waals surface area contributed by atoms with Crippen LogP contribution < -0.4 is 0 Å². The van der Waals surface area contributed by atoms with Gasteiger partial charge in [-0.2, -0.15) is 13.2 Å². The highest BCUT2D eigenvalue weighted by molar-refractivity contribution is 6.45. The van der Waals surface area contributed by atoms with Crippen LogP contribution in [0.5, 0.6) is 0 Å². The fourth-order valence-corrected chi connectivity index (χ4v) is 1.51. The van der Waals surface area contributed by atoms with Crippen molar-refractivity contribution < 1.29 is 18.2 Å². The van der Waals surface area contributed by atoms with Crippen LogP contribution in [0.4, 0.5) is 18.9 Å². The Balaban J connectivity index is 2.80. The summed E-state index contributed by atoms with van der Waals surface area (Å²) in [4.78, 5) is 4.10. The van der Waals surface area contributed by atoms with Crippen LogP contribution in [0.15, 0.2) is 24.3 Å². The van der Waals surface area contributed by atoms with E-state index in [0.717, 1.165) is 4.81 Å². The third-order valence-corrected chi connectivity index (χ3v) is 2.34. The average molecular weight is 256 g/mol. The molecule has 0 bridgehead atoms. The second-order valence-corrected chi connectivity index (χ2v) is 3.93. The molecule has 0 radical (unpaired) electrons. The van der Waals surface area contributed by atoms with Crippen LogP contribution in [0, 0.1) is 6.57 Å². The Morgan fingerprint density at radius 1 is 1.44 bits per heavy atom. The zero-order valence-electron chi connectivity index (χ0n) is 9.78. The molecule has 0 fully saturated rings. The molecule has 1 aromatic carbocycles. The lowest BCUT2D eigenvalue weighted by atomic mass is 9.84. The Hall–Kier alpha value is -1.52. The molecule has 1 rings (SSSR count). The quantitative estimate of drug-likeness (QED) is 0.662. The van der Waals surface area contributed by atoms with E-state index in [9.17, 15) is 18.2 Å². The molecule has 1 N–H and O–H groups in total. The average Bonchev–Trinajstić information content (AvgIpc) is 2.26. The molecule has 0 atom stereocenters. The lowest BCUT2D eigenvalue weighted by Gasteiger charge is -2.24. The Labute approximate surface area is 104 Å². The van der Waals surface area contributed by atoms with Crippen molar-refractivity contribution in [3.05, 3.63) is 41.2 Å². The first kappa shape index (κ1) is 14.5. The predicted octanol–water partition coefficient (Wildman–Crippen LogP) is 2.71. The number of benzene rings is 1. The molecule has 18 heavy (non-hydrogen) atoms. The minimum Gasteiger partial charge on any atom is -0.437 e. The van der Waals surface area contributed by atoms with Crippen molar-refractivity contribution in [3.8, 4) is 0 Å². The molecule has 0 saturated carbocycles. The lowest BCUT2D eigenvalue weighted by molar-refractivity contribution is -0.138. The van der Waals surface area contributed by atoms with Gasteiger partial charge in [0, 0.05) is 6.54 Å². The van der Waals surface area contributed by atoms with Crippen LogP contribution in [0.2, 0.25) is 6.82 Å². The molecule has 0 amide bonds. The second kappa shape index (κ2) is 5.89. The molecule has 96 valence electrons. The van der Waals surface area contributed by atoms with Crippen molar-refractivity contribution in [3.63, 3.8) is 0 Å². The van der Waals surface area contributed by atoms with E-state index in [1.807, 2.05) is 0 Å². The lowest BCUT2D eigenvalue weighted by Crippen LogP contribution is -2.42. The third kappa shape index (κ3) is 4.78. The van der Waals surface area contributed by atoms with Gasteiger partial charge in [0.25, 0.3) is 0 Å². The molecular formula is C11H12BF3N2O. The van der Waals surface area contributed by atoms with Gasteiger partial charge in [0.15, 0.2) is 5.69 Å². The number of hydrogen-bond acceptors (Lipinski definition) is 2. The van der Waals surface area contributed by atoms with Gasteiger partial charge in [0.05, 0.1) is 13.1 Å². The van der Waals surface area contributed by atoms with Crippen molar-refractivity contribution in [2.24, 2.45) is 0 Å². The number of rotatable bonds is 4. The molecular weight excluding hydrogens is 244 g/mol. The van der Waals surface area contributed by atoms with E-state index in [0.29, 0.717) is 11.3 Å². The largest absolute Gasteiger partial charge is 0.437 e. The monoisotopic (exact) mass is 256 g/mol. The second-order valence-electron chi connectivity index (χ2n) is 3.93. The van der Waals surface area contributed by atoms with Gasteiger partial charge in [-0.25, -0.2) is 4.85 Å². The molecule has 0 spiro atoms. The highest BCUT2D eigenvalue weighted by Crippen LogP contribution is 2.20. The standard InChI is InChI=1S/C11H12BF3N2O/c1-12(18)17(8-11(13,14)15)7-9-4-3-5-10(6-9)16-2/h3-6,18H,7-8H2,1H3. The Morgan fingerprint density at radius 2 is 2.11 bits per heavy atom. The first-order valence-corrected chi connectivity index (χ1v) is 5.27. The van der Waals surface area contributed by atoms with E-state index >= 15 is 0 Å². The molecule has 3 nitrogen and oxygen atoms in total. The van der Waals surface area contributed by atoms with Gasteiger partial charge in [0.1, 0.15) is 0 Å². The zero-order chi connectivity index (χ0) is 13.8. The zero-order valence-corrected chi connectivity index (χ0v) is 9.78. The van der Waals surface area contributed by atoms with Crippen LogP contribution in [0.1, 0.15) is 5.56 Å². The van der Waals surface area contributed by atoms with Crippen molar-refractivity contribution >= 4 is 12.7 Å². The van der Waals surface area contributed by atoms with Gasteiger partial charge >= 0.3 is 13.2 Å². The summed E-state index contributed by atoms with van der Waals surface area (Å²) >= 11 is 0. The SMILES string of the molecule is [C-]#[N+]c1cccc(CN(CC(F)(F)F)B(C)O)c1. The third-order valence-electron chi connectivity index (χ3n) is 2.34. The Bertz CT molecular complexity index is 443. The maximum atomic E-state index is 12.3. The van der Waals surface area contributed by atoms with E-state index in [1.54, 1.807) is 18.2 Å². The molecule has 0 aromatic heterocycles. The van der Waals surface area contributed by atoms with Crippen LogP contribution >= 0.6 is 0 Å². The van der Waals surface area contributed by atoms with E-state index in [2.05, 4.69) is 4.85 Å². The summed E-state index contributed by atoms with van der Waals surface area (Å²) in [5, 5.41) is 9.33. The van der Waals surface area contributed by atoms with Crippen molar-refractivity contribution in [1.29, 1.82) is 0 Å². The summed E-state index contributed by atoms with van der Waals surface area (Å²) in [7, 11) is -1.21. The first-order valence-electron chi connectivity index (χ1n) is 5.27. The normalized spacial score (nSPS) is 11.4. The number of alkyl halides is 3. The fourth-order valence-electron chi connectivity index (χ4n) is 1.51. The van der Waals surface area contributed by atoms with Gasteiger partial charge in [0.2, 0.25) is 0 Å². The van der Waals surface area contributed by atoms with Gasteiger partial charge in [-0.3, -0.25) is 0 Å². The van der Waals surface area contributed by atoms with Crippen molar-refractivity contribution in [1.82, 2.24) is 4.81 Å². The van der Waals surface area contributed by atoms with Crippen LogP contribution in [0.3, 0.4) is 0 Å². The van der Waals surface area contributed by atoms with E-state index in [4.69, 9.17) is 6.57 Å². The summed E-state index contributed by atoms with van der Waals surface area (Å²) in [6.45, 7) is 6.87. The van der Waals surface area contributed by atoms with Crippen molar-refractivity contribution in [2.75, 3.05) is 6.54 Å². The highest BCUT2D eigenvalue weighted by atomic mass is 19.4. The minimum atomic E-state index is -4.37. The van der Waals surface area contributed by atoms with Gasteiger partial charge < -0.3 is 9.83 Å². The van der Waals surface area contributed by atoms with Crippen molar-refractivity contribution in [2.45, 2.75) is 19.5 Å². The fraction of sp³-hybridized carbons (Fsp3) is 0.364. The Morgan fingerprint density at radius 3 is 2.61 bits per heavy atom. The van der Waals surface area contributed by atoms with Crippen LogP contribution in [0.25, 0.3) is 4.85 Å². The smallest absolute Gasteiger partial charge is 0.400 e. The molecule has 7 heteroatoms. The first-order chi connectivity index (χ1) is 8.31. The number of halogens is 3. The maximum Gasteiger partial charge on any atom is 0.400 e. The summed E-state index contributed by atoms with van der Waals surface area (Å²) < 4.78 is 36.9. The van der Waals surface area contributed by atoms with Gasteiger partial charge in [-0.15, -0.1) is 0 Å². The summed E-state index contributed by atoms with van der Waals surface area (Å²) in [5.41, 5.74) is 0.929. The number of hydrogen-bond donors (Lipinski definition) is 1.